The Kier molecular flexibility index (Phi) is 5.52. The van der Waals surface area contributed by atoms with Gasteiger partial charge < -0.3 is 0 Å². The van der Waals surface area contributed by atoms with Crippen LogP contribution in [-0.2, 0) is 16.6 Å². The third-order valence-corrected chi connectivity index (χ3v) is 7.13. The van der Waals surface area contributed by atoms with Gasteiger partial charge in [0.25, 0.3) is 10.0 Å². The zero-order chi connectivity index (χ0) is 18.9. The van der Waals surface area contributed by atoms with E-state index in [0.29, 0.717) is 19.6 Å². The van der Waals surface area contributed by atoms with Crippen LogP contribution in [0, 0.1) is 31.1 Å². The van der Waals surface area contributed by atoms with Crippen LogP contribution in [0.4, 0.5) is 0 Å². The van der Waals surface area contributed by atoms with E-state index >= 15 is 0 Å². The number of allylic oxidation sites excluding steroid dienone is 2. The minimum Gasteiger partial charge on any atom is -0.294 e. The van der Waals surface area contributed by atoms with Crippen molar-refractivity contribution in [3.63, 3.8) is 0 Å². The molecule has 1 heterocycles. The molecule has 2 aliphatic rings. The lowest BCUT2D eigenvalue weighted by Gasteiger charge is -2.39. The Morgan fingerprint density at radius 1 is 1.31 bits per heavy atom. The number of piperazine rings is 1. The maximum Gasteiger partial charge on any atom is 0.252 e. The molecule has 26 heavy (non-hydrogen) atoms. The molecule has 1 unspecified atom stereocenters. The molecule has 0 spiro atoms. The van der Waals surface area contributed by atoms with E-state index in [1.807, 2.05) is 6.07 Å². The van der Waals surface area contributed by atoms with Crippen molar-refractivity contribution in [1.29, 1.82) is 5.26 Å². The SMILES string of the molecule is Cc1ccc(CN2CCN(S(=O)(=O)/C(C#N)=C/C3CC3)CC2C)c(C)c1. The maximum atomic E-state index is 12.8. The molecule has 0 amide bonds. The monoisotopic (exact) mass is 373 g/mol. The van der Waals surface area contributed by atoms with E-state index in [-0.39, 0.29) is 16.9 Å². The minimum absolute atomic E-state index is 0.0740. The Labute approximate surface area is 157 Å². The largest absolute Gasteiger partial charge is 0.294 e. The zero-order valence-corrected chi connectivity index (χ0v) is 16.6. The van der Waals surface area contributed by atoms with Gasteiger partial charge >= 0.3 is 0 Å². The fourth-order valence-corrected chi connectivity index (χ4v) is 4.95. The van der Waals surface area contributed by atoms with E-state index in [2.05, 4.69) is 43.9 Å². The molecule has 0 bridgehead atoms. The number of aryl methyl sites for hydroxylation is 2. The van der Waals surface area contributed by atoms with E-state index in [9.17, 15) is 13.7 Å². The van der Waals surface area contributed by atoms with Gasteiger partial charge in [-0.1, -0.05) is 29.8 Å². The van der Waals surface area contributed by atoms with Gasteiger partial charge in [-0.2, -0.15) is 9.57 Å². The summed E-state index contributed by atoms with van der Waals surface area (Å²) in [7, 11) is -3.67. The molecule has 0 aromatic heterocycles. The summed E-state index contributed by atoms with van der Waals surface area (Å²) < 4.78 is 27.1. The first-order valence-corrected chi connectivity index (χ1v) is 10.7. The number of benzene rings is 1. The Hall–Kier alpha value is -1.68. The summed E-state index contributed by atoms with van der Waals surface area (Å²) in [5.41, 5.74) is 3.80. The molecule has 1 atom stereocenters. The van der Waals surface area contributed by atoms with E-state index in [1.165, 1.54) is 21.0 Å². The van der Waals surface area contributed by atoms with E-state index in [0.717, 1.165) is 19.4 Å². The average Bonchev–Trinajstić information content (AvgIpc) is 3.40. The normalized spacial score (nSPS) is 23.0. The van der Waals surface area contributed by atoms with Crippen LogP contribution in [0.5, 0.6) is 0 Å². The van der Waals surface area contributed by atoms with Crippen LogP contribution in [0.15, 0.2) is 29.2 Å². The summed E-state index contributed by atoms with van der Waals surface area (Å²) in [6, 6.07) is 8.48. The van der Waals surface area contributed by atoms with Crippen LogP contribution in [0.25, 0.3) is 0 Å². The molecule has 2 fully saturated rings. The summed E-state index contributed by atoms with van der Waals surface area (Å²) in [6.45, 7) is 8.63. The molecular weight excluding hydrogens is 346 g/mol. The van der Waals surface area contributed by atoms with Crippen LogP contribution in [-0.4, -0.2) is 43.3 Å². The van der Waals surface area contributed by atoms with Crippen molar-refractivity contribution < 1.29 is 8.42 Å². The molecule has 140 valence electrons. The minimum atomic E-state index is -3.67. The number of rotatable bonds is 5. The van der Waals surface area contributed by atoms with Gasteiger partial charge in [0.15, 0.2) is 4.91 Å². The highest BCUT2D eigenvalue weighted by molar-refractivity contribution is 7.93. The second kappa shape index (κ2) is 7.51. The quantitative estimate of drug-likeness (QED) is 0.745. The van der Waals surface area contributed by atoms with Gasteiger partial charge in [-0.3, -0.25) is 4.90 Å². The smallest absolute Gasteiger partial charge is 0.252 e. The third kappa shape index (κ3) is 4.17. The topological polar surface area (TPSA) is 64.4 Å². The average molecular weight is 374 g/mol. The number of nitrogens with zero attached hydrogens (tertiary/aromatic N) is 3. The molecule has 1 saturated carbocycles. The molecule has 1 aliphatic heterocycles. The Morgan fingerprint density at radius 3 is 2.62 bits per heavy atom. The predicted molar refractivity (Wildman–Crippen MR) is 103 cm³/mol. The lowest BCUT2D eigenvalue weighted by atomic mass is 10.0. The molecule has 1 aliphatic carbocycles. The van der Waals surface area contributed by atoms with Crippen LogP contribution < -0.4 is 0 Å². The van der Waals surface area contributed by atoms with Gasteiger partial charge in [-0.05, 0) is 50.7 Å². The molecule has 0 N–H and O–H groups in total. The first-order chi connectivity index (χ1) is 12.3. The molecule has 5 nitrogen and oxygen atoms in total. The molecule has 0 radical (unpaired) electrons. The van der Waals surface area contributed by atoms with E-state index < -0.39 is 10.0 Å². The maximum absolute atomic E-state index is 12.8. The van der Waals surface area contributed by atoms with Gasteiger partial charge in [0.05, 0.1) is 0 Å². The number of sulfonamides is 1. The fraction of sp³-hybridized carbons (Fsp3) is 0.550. The van der Waals surface area contributed by atoms with Crippen LogP contribution >= 0.6 is 0 Å². The summed E-state index contributed by atoms with van der Waals surface area (Å²) in [6.07, 6.45) is 3.61. The predicted octanol–water partition coefficient (Wildman–Crippen LogP) is 2.96. The summed E-state index contributed by atoms with van der Waals surface area (Å²) in [5, 5.41) is 9.30. The van der Waals surface area contributed by atoms with Gasteiger partial charge in [0.2, 0.25) is 0 Å². The Bertz CT molecular complexity index is 850. The molecular formula is C20H27N3O2S. The van der Waals surface area contributed by atoms with Crippen molar-refractivity contribution in [2.75, 3.05) is 19.6 Å². The standard InChI is InChI=1S/C20H27N3O2S/c1-15-4-7-19(16(2)10-15)14-22-8-9-23(13-17(22)3)26(24,25)20(12-21)11-18-5-6-18/h4,7,10-11,17-18H,5-6,8-9,13-14H2,1-3H3/b20-11+. The lowest BCUT2D eigenvalue weighted by molar-refractivity contribution is 0.122. The zero-order valence-electron chi connectivity index (χ0n) is 15.8. The fourth-order valence-electron chi connectivity index (χ4n) is 3.45. The molecule has 1 aromatic carbocycles. The highest BCUT2D eigenvalue weighted by Gasteiger charge is 2.35. The molecule has 3 rings (SSSR count). The first kappa shape index (κ1) is 19.1. The Morgan fingerprint density at radius 2 is 2.04 bits per heavy atom. The molecule has 1 saturated heterocycles. The van der Waals surface area contributed by atoms with Crippen LogP contribution in [0.1, 0.15) is 36.5 Å². The van der Waals surface area contributed by atoms with Crippen LogP contribution in [0.3, 0.4) is 0 Å². The summed E-state index contributed by atoms with van der Waals surface area (Å²) in [5.74, 6) is 0.266. The van der Waals surface area contributed by atoms with Gasteiger partial charge in [-0.15, -0.1) is 0 Å². The van der Waals surface area contributed by atoms with E-state index in [1.54, 1.807) is 6.08 Å². The van der Waals surface area contributed by atoms with Crippen molar-refractivity contribution in [1.82, 2.24) is 9.21 Å². The van der Waals surface area contributed by atoms with Crippen molar-refractivity contribution >= 4 is 10.0 Å². The Balaban J connectivity index is 1.69. The van der Waals surface area contributed by atoms with E-state index in [4.69, 9.17) is 0 Å². The number of hydrogen-bond acceptors (Lipinski definition) is 4. The molecule has 1 aromatic rings. The van der Waals surface area contributed by atoms with Crippen molar-refractivity contribution in [2.45, 2.75) is 46.2 Å². The highest BCUT2D eigenvalue weighted by Crippen LogP contribution is 2.33. The molecule has 6 heteroatoms. The second-order valence-electron chi connectivity index (χ2n) is 7.59. The van der Waals surface area contributed by atoms with Gasteiger partial charge in [-0.25, -0.2) is 8.42 Å². The second-order valence-corrected chi connectivity index (χ2v) is 9.50. The first-order valence-electron chi connectivity index (χ1n) is 9.23. The van der Waals surface area contributed by atoms with Crippen molar-refractivity contribution in [3.8, 4) is 6.07 Å². The summed E-state index contributed by atoms with van der Waals surface area (Å²) >= 11 is 0. The van der Waals surface area contributed by atoms with Crippen molar-refractivity contribution in [3.05, 3.63) is 45.9 Å². The number of hydrogen-bond donors (Lipinski definition) is 0. The van der Waals surface area contributed by atoms with Crippen LogP contribution in [0.2, 0.25) is 0 Å². The highest BCUT2D eigenvalue weighted by atomic mass is 32.2. The third-order valence-electron chi connectivity index (χ3n) is 5.34. The van der Waals surface area contributed by atoms with Gasteiger partial charge in [0, 0.05) is 32.2 Å². The van der Waals surface area contributed by atoms with Gasteiger partial charge in [0.1, 0.15) is 6.07 Å². The number of nitriles is 1. The van der Waals surface area contributed by atoms with Crippen molar-refractivity contribution in [2.24, 2.45) is 5.92 Å². The lowest BCUT2D eigenvalue weighted by Crippen LogP contribution is -2.53. The summed E-state index contributed by atoms with van der Waals surface area (Å²) in [4.78, 5) is 2.25.